The van der Waals surface area contributed by atoms with Crippen molar-refractivity contribution < 1.29 is 23.5 Å². The molecule has 0 aliphatic carbocycles. The van der Waals surface area contributed by atoms with Crippen molar-refractivity contribution in [3.63, 3.8) is 0 Å². The lowest BCUT2D eigenvalue weighted by atomic mass is 9.75. The number of ether oxygens (including phenoxy) is 3. The first-order valence-electron chi connectivity index (χ1n) is 9.93. The third kappa shape index (κ3) is 4.30. The Hall–Kier alpha value is -2.00. The van der Waals surface area contributed by atoms with Crippen LogP contribution in [0.15, 0.2) is 30.5 Å². The van der Waals surface area contributed by atoms with Gasteiger partial charge < -0.3 is 23.5 Å². The van der Waals surface area contributed by atoms with E-state index in [1.807, 2.05) is 58.9 Å². The van der Waals surface area contributed by atoms with Crippen LogP contribution in [0.3, 0.4) is 0 Å². The molecular formula is C21H27BN2O5. The van der Waals surface area contributed by atoms with Crippen molar-refractivity contribution in [2.45, 2.75) is 58.5 Å². The third-order valence-electron chi connectivity index (χ3n) is 5.68. The van der Waals surface area contributed by atoms with E-state index < -0.39 is 18.3 Å². The monoisotopic (exact) mass is 398 g/mol. The number of benzene rings is 1. The lowest BCUT2D eigenvalue weighted by Crippen LogP contribution is -2.41. The Kier molecular flexibility index (Phi) is 5.37. The first-order valence-corrected chi connectivity index (χ1v) is 9.93. The molecule has 0 radical (unpaired) electrons. The molecule has 2 fully saturated rings. The van der Waals surface area contributed by atoms with Crippen LogP contribution in [-0.2, 0) is 25.2 Å². The van der Waals surface area contributed by atoms with E-state index in [2.05, 4.69) is 9.97 Å². The Morgan fingerprint density at radius 3 is 2.41 bits per heavy atom. The van der Waals surface area contributed by atoms with Crippen molar-refractivity contribution in [1.82, 2.24) is 9.97 Å². The van der Waals surface area contributed by atoms with Crippen LogP contribution in [0.1, 0.15) is 39.0 Å². The summed E-state index contributed by atoms with van der Waals surface area (Å²) >= 11 is 0. The highest BCUT2D eigenvalue weighted by atomic mass is 16.7. The van der Waals surface area contributed by atoms with Crippen molar-refractivity contribution >= 4 is 12.6 Å². The van der Waals surface area contributed by atoms with Crippen LogP contribution in [0.2, 0.25) is 0 Å². The number of hydrogen-bond donors (Lipinski definition) is 0. The number of aromatic nitrogens is 2. The minimum Gasteiger partial charge on any atom is -0.424 e. The van der Waals surface area contributed by atoms with E-state index in [-0.39, 0.29) is 6.29 Å². The predicted octanol–water partition coefficient (Wildman–Crippen LogP) is 2.79. The van der Waals surface area contributed by atoms with Gasteiger partial charge in [0.15, 0.2) is 6.29 Å². The van der Waals surface area contributed by atoms with Gasteiger partial charge in [-0.1, -0.05) is 6.07 Å². The summed E-state index contributed by atoms with van der Waals surface area (Å²) in [5, 5.41) is 0. The lowest BCUT2D eigenvalue weighted by Gasteiger charge is -2.32. The van der Waals surface area contributed by atoms with Gasteiger partial charge in [0.05, 0.1) is 24.4 Å². The summed E-state index contributed by atoms with van der Waals surface area (Å²) in [5.41, 5.74) is 1.94. The van der Waals surface area contributed by atoms with Crippen molar-refractivity contribution in [2.24, 2.45) is 0 Å². The normalized spacial score (nSPS) is 20.9. The molecule has 4 rings (SSSR count). The van der Waals surface area contributed by atoms with Gasteiger partial charge in [-0.25, -0.2) is 9.97 Å². The minimum atomic E-state index is -0.472. The summed E-state index contributed by atoms with van der Waals surface area (Å²) in [6, 6.07) is 7.95. The number of hydrogen-bond acceptors (Lipinski definition) is 7. The number of rotatable bonds is 5. The first kappa shape index (κ1) is 20.3. The molecule has 7 nitrogen and oxygen atoms in total. The van der Waals surface area contributed by atoms with E-state index in [0.717, 1.165) is 16.7 Å². The molecule has 29 heavy (non-hydrogen) atoms. The zero-order chi connectivity index (χ0) is 20.6. The largest absolute Gasteiger partial charge is 0.495 e. The fourth-order valence-electron chi connectivity index (χ4n) is 3.31. The predicted molar refractivity (Wildman–Crippen MR) is 108 cm³/mol. The van der Waals surface area contributed by atoms with E-state index in [1.165, 1.54) is 0 Å². The summed E-state index contributed by atoms with van der Waals surface area (Å²) in [6.45, 7) is 11.3. The maximum atomic E-state index is 6.26. The lowest BCUT2D eigenvalue weighted by molar-refractivity contribution is -0.0398. The Balaban J connectivity index is 1.63. The van der Waals surface area contributed by atoms with Crippen LogP contribution in [0.5, 0.6) is 11.8 Å². The standard InChI is InChI=1S/C21H27BN2O5/c1-14-8-9-23-19(24-14)27-16-6-7-17(15(12-16)13-18-25-10-11-26-18)22-28-20(2,3)21(4,5)29-22/h6-9,12,18H,10-11,13H2,1-5H3. The minimum absolute atomic E-state index is 0.290. The molecule has 0 amide bonds. The molecular weight excluding hydrogens is 371 g/mol. The van der Waals surface area contributed by atoms with Crippen LogP contribution < -0.4 is 10.2 Å². The van der Waals surface area contributed by atoms with Crippen LogP contribution in [0, 0.1) is 6.92 Å². The first-order chi connectivity index (χ1) is 13.7. The molecule has 3 heterocycles. The molecule has 2 saturated heterocycles. The summed E-state index contributed by atoms with van der Waals surface area (Å²) in [7, 11) is -0.472. The van der Waals surface area contributed by atoms with E-state index in [9.17, 15) is 0 Å². The highest BCUT2D eigenvalue weighted by Crippen LogP contribution is 2.37. The maximum absolute atomic E-state index is 6.26. The van der Waals surface area contributed by atoms with Gasteiger partial charge >= 0.3 is 13.1 Å². The highest BCUT2D eigenvalue weighted by molar-refractivity contribution is 6.62. The highest BCUT2D eigenvalue weighted by Gasteiger charge is 2.52. The second kappa shape index (κ2) is 7.68. The summed E-state index contributed by atoms with van der Waals surface area (Å²) < 4.78 is 29.7. The van der Waals surface area contributed by atoms with Gasteiger partial charge in [0.25, 0.3) is 0 Å². The Bertz CT molecular complexity index is 867. The summed E-state index contributed by atoms with van der Waals surface area (Å²) in [4.78, 5) is 8.48. The molecule has 8 heteroatoms. The Morgan fingerprint density at radius 2 is 1.76 bits per heavy atom. The molecule has 0 N–H and O–H groups in total. The fraction of sp³-hybridized carbons (Fsp3) is 0.524. The molecule has 2 aromatic rings. The molecule has 0 saturated carbocycles. The van der Waals surface area contributed by atoms with Crippen molar-refractivity contribution in [1.29, 1.82) is 0 Å². The van der Waals surface area contributed by atoms with Crippen molar-refractivity contribution in [3.8, 4) is 11.8 Å². The van der Waals surface area contributed by atoms with E-state index in [4.69, 9.17) is 23.5 Å². The van der Waals surface area contributed by atoms with E-state index in [0.29, 0.717) is 31.4 Å². The second-order valence-corrected chi connectivity index (χ2v) is 8.41. The van der Waals surface area contributed by atoms with Crippen LogP contribution in [0.25, 0.3) is 0 Å². The molecule has 0 bridgehead atoms. The maximum Gasteiger partial charge on any atom is 0.495 e. The number of aryl methyl sites for hydroxylation is 1. The third-order valence-corrected chi connectivity index (χ3v) is 5.68. The van der Waals surface area contributed by atoms with Gasteiger partial charge in [-0.2, -0.15) is 0 Å². The molecule has 1 aromatic heterocycles. The van der Waals surface area contributed by atoms with E-state index in [1.54, 1.807) is 6.20 Å². The zero-order valence-corrected chi connectivity index (χ0v) is 17.6. The molecule has 0 unspecified atom stereocenters. The summed E-state index contributed by atoms with van der Waals surface area (Å²) in [6.07, 6.45) is 1.96. The fourth-order valence-corrected chi connectivity index (χ4v) is 3.31. The van der Waals surface area contributed by atoms with Crippen LogP contribution in [-0.4, -0.2) is 47.8 Å². The molecule has 2 aliphatic rings. The summed E-state index contributed by atoms with van der Waals surface area (Å²) in [5.74, 6) is 0.642. The van der Waals surface area contributed by atoms with Gasteiger partial charge in [-0.15, -0.1) is 0 Å². The topological polar surface area (TPSA) is 71.9 Å². The Labute approximate surface area is 171 Å². The smallest absolute Gasteiger partial charge is 0.424 e. The molecule has 2 aliphatic heterocycles. The van der Waals surface area contributed by atoms with Gasteiger partial charge in [0.2, 0.25) is 0 Å². The molecule has 0 atom stereocenters. The van der Waals surface area contributed by atoms with Crippen LogP contribution >= 0.6 is 0 Å². The van der Waals surface area contributed by atoms with Crippen molar-refractivity contribution in [3.05, 3.63) is 41.7 Å². The Morgan fingerprint density at radius 1 is 1.07 bits per heavy atom. The SMILES string of the molecule is Cc1ccnc(Oc2ccc(B3OC(C)(C)C(C)(C)O3)c(CC3OCCO3)c2)n1. The molecule has 154 valence electrons. The second-order valence-electron chi connectivity index (χ2n) is 8.41. The van der Waals surface area contributed by atoms with Gasteiger partial charge in [0.1, 0.15) is 5.75 Å². The van der Waals surface area contributed by atoms with Crippen molar-refractivity contribution in [2.75, 3.05) is 13.2 Å². The van der Waals surface area contributed by atoms with Gasteiger partial charge in [0, 0.05) is 18.3 Å². The average molecular weight is 398 g/mol. The quantitative estimate of drug-likeness (QED) is 0.718. The van der Waals surface area contributed by atoms with Gasteiger partial charge in [-0.3, -0.25) is 0 Å². The van der Waals surface area contributed by atoms with E-state index >= 15 is 0 Å². The zero-order valence-electron chi connectivity index (χ0n) is 17.6. The molecule has 0 spiro atoms. The van der Waals surface area contributed by atoms with Crippen LogP contribution in [0.4, 0.5) is 0 Å². The molecule has 1 aromatic carbocycles. The average Bonchev–Trinajstić information content (AvgIpc) is 3.21. The van der Waals surface area contributed by atoms with Gasteiger partial charge in [-0.05, 0) is 63.8 Å². The number of nitrogens with zero attached hydrogens (tertiary/aromatic N) is 2.